The van der Waals surface area contributed by atoms with E-state index in [4.69, 9.17) is 0 Å². The van der Waals surface area contributed by atoms with Crippen LogP contribution in [0.3, 0.4) is 0 Å². The number of fused-ring (bicyclic) bond motifs is 5. The van der Waals surface area contributed by atoms with Crippen LogP contribution in [0.5, 0.6) is 5.75 Å². The highest BCUT2D eigenvalue weighted by Gasteiger charge is 2.66. The minimum Gasteiger partial charge on any atom is -0.504 e. The number of nitrogens with zero attached hydrogens (tertiary/aromatic N) is 1. The van der Waals surface area contributed by atoms with Crippen LogP contribution >= 0.6 is 0 Å². The summed E-state index contributed by atoms with van der Waals surface area (Å²) in [6, 6.07) is 1.75. The third-order valence-electron chi connectivity index (χ3n) is 10.5. The van der Waals surface area contributed by atoms with Crippen molar-refractivity contribution in [3.63, 3.8) is 0 Å². The predicted molar refractivity (Wildman–Crippen MR) is 135 cm³/mol. The van der Waals surface area contributed by atoms with Crippen LogP contribution in [0.2, 0.25) is 0 Å². The minimum absolute atomic E-state index is 0.0141. The molecule has 3 fully saturated rings. The molecule has 3 saturated carbocycles. The quantitative estimate of drug-likeness (QED) is 0.554. The average molecular weight is 481 g/mol. The monoisotopic (exact) mass is 480 g/mol. The molecule has 3 N–H and O–H groups in total. The van der Waals surface area contributed by atoms with Crippen molar-refractivity contribution in [1.29, 1.82) is 0 Å². The van der Waals surface area contributed by atoms with E-state index in [1.807, 2.05) is 19.9 Å². The van der Waals surface area contributed by atoms with Gasteiger partial charge in [-0.05, 0) is 93.6 Å². The second kappa shape index (κ2) is 8.43. The van der Waals surface area contributed by atoms with Gasteiger partial charge in [0, 0.05) is 17.5 Å². The number of hydrogen-bond donors (Lipinski definition) is 3. The van der Waals surface area contributed by atoms with E-state index in [-0.39, 0.29) is 29.3 Å². The van der Waals surface area contributed by atoms with Gasteiger partial charge in [-0.25, -0.2) is 0 Å². The van der Waals surface area contributed by atoms with Crippen molar-refractivity contribution < 1.29 is 19.8 Å². The zero-order chi connectivity index (χ0) is 25.2. The Labute approximate surface area is 208 Å². The number of nitrogens with one attached hydrogen (secondary N) is 1. The van der Waals surface area contributed by atoms with Crippen LogP contribution < -0.4 is 5.32 Å². The highest BCUT2D eigenvalue weighted by molar-refractivity contribution is 5.92. The van der Waals surface area contributed by atoms with Gasteiger partial charge in [0.05, 0.1) is 17.9 Å². The SMILES string of the molecule is CCc1nc(C)cc(NCC(=O)[C@@]2(O)CC[C@H]3[C@@H]4CCC5=CC(=O)CC[C@]5(C)[C@H]4CC[C@@]32C)c1O. The van der Waals surface area contributed by atoms with Crippen LogP contribution in [-0.2, 0) is 16.0 Å². The van der Waals surface area contributed by atoms with Gasteiger partial charge < -0.3 is 15.5 Å². The summed E-state index contributed by atoms with van der Waals surface area (Å²) in [5.41, 5.74) is 1.50. The number of aromatic nitrogens is 1. The Hall–Kier alpha value is -2.21. The van der Waals surface area contributed by atoms with Crippen molar-refractivity contribution in [2.24, 2.45) is 28.6 Å². The molecule has 0 aromatic carbocycles. The van der Waals surface area contributed by atoms with Crippen molar-refractivity contribution >= 4 is 17.3 Å². The maximum Gasteiger partial charge on any atom is 0.183 e. The molecule has 0 amide bonds. The van der Waals surface area contributed by atoms with E-state index in [0.29, 0.717) is 48.4 Å². The van der Waals surface area contributed by atoms with Gasteiger partial charge in [-0.1, -0.05) is 26.3 Å². The topological polar surface area (TPSA) is 99.5 Å². The van der Waals surface area contributed by atoms with E-state index in [0.717, 1.165) is 44.2 Å². The van der Waals surface area contributed by atoms with Crippen LogP contribution in [-0.4, -0.2) is 38.9 Å². The molecule has 0 saturated heterocycles. The summed E-state index contributed by atoms with van der Waals surface area (Å²) in [5, 5.41) is 25.6. The number of anilines is 1. The third kappa shape index (κ3) is 3.58. The summed E-state index contributed by atoms with van der Waals surface area (Å²) in [5.74, 6) is 1.49. The molecule has 0 radical (unpaired) electrons. The summed E-state index contributed by atoms with van der Waals surface area (Å²) in [6.07, 6.45) is 9.30. The van der Waals surface area contributed by atoms with Gasteiger partial charge in [0.1, 0.15) is 5.60 Å². The number of aromatic hydroxyl groups is 1. The van der Waals surface area contributed by atoms with Crippen LogP contribution in [0.4, 0.5) is 5.69 Å². The second-order valence-electron chi connectivity index (χ2n) is 12.1. The minimum atomic E-state index is -1.36. The summed E-state index contributed by atoms with van der Waals surface area (Å²) < 4.78 is 0. The molecule has 0 spiro atoms. The van der Waals surface area contributed by atoms with Crippen LogP contribution in [0.1, 0.15) is 83.5 Å². The molecule has 1 aromatic heterocycles. The smallest absolute Gasteiger partial charge is 0.183 e. The maximum absolute atomic E-state index is 13.6. The van der Waals surface area contributed by atoms with E-state index in [1.165, 1.54) is 5.57 Å². The Kier molecular flexibility index (Phi) is 5.90. The molecule has 0 aliphatic heterocycles. The fraction of sp³-hybridized carbons (Fsp3) is 0.690. The van der Waals surface area contributed by atoms with Gasteiger partial charge in [-0.3, -0.25) is 14.6 Å². The van der Waals surface area contributed by atoms with E-state index in [2.05, 4.69) is 24.1 Å². The number of Topliss-reactive ketones (excluding diaryl/α,β-unsaturated/α-hetero) is 1. The van der Waals surface area contributed by atoms with Crippen molar-refractivity contribution in [2.75, 3.05) is 11.9 Å². The lowest BCUT2D eigenvalue weighted by atomic mass is 9.46. The first-order valence-electron chi connectivity index (χ1n) is 13.5. The largest absolute Gasteiger partial charge is 0.504 e. The Balaban J connectivity index is 1.35. The molecule has 0 unspecified atom stereocenters. The highest BCUT2D eigenvalue weighted by atomic mass is 16.3. The number of aliphatic hydroxyl groups is 1. The molecule has 6 heteroatoms. The van der Waals surface area contributed by atoms with Gasteiger partial charge in [0.25, 0.3) is 0 Å². The number of allylic oxidation sites excluding steroid dienone is 1. The summed E-state index contributed by atoms with van der Waals surface area (Å²) in [7, 11) is 0. The lowest BCUT2D eigenvalue weighted by Crippen LogP contribution is -2.58. The lowest BCUT2D eigenvalue weighted by molar-refractivity contribution is -0.160. The van der Waals surface area contributed by atoms with E-state index in [9.17, 15) is 19.8 Å². The van der Waals surface area contributed by atoms with E-state index >= 15 is 0 Å². The summed E-state index contributed by atoms with van der Waals surface area (Å²) in [4.78, 5) is 30.0. The Morgan fingerprint density at radius 3 is 2.63 bits per heavy atom. The van der Waals surface area contributed by atoms with E-state index in [1.54, 1.807) is 6.07 Å². The highest BCUT2D eigenvalue weighted by Crippen LogP contribution is 2.67. The fourth-order valence-corrected chi connectivity index (χ4v) is 8.47. The molecular formula is C29H40N2O4. The Bertz CT molecular complexity index is 1100. The molecule has 1 heterocycles. The number of aryl methyl sites for hydroxylation is 2. The molecule has 5 rings (SSSR count). The van der Waals surface area contributed by atoms with Gasteiger partial charge in [-0.15, -0.1) is 0 Å². The second-order valence-corrected chi connectivity index (χ2v) is 12.1. The van der Waals surface area contributed by atoms with Gasteiger partial charge >= 0.3 is 0 Å². The normalized spacial score (nSPS) is 38.3. The van der Waals surface area contributed by atoms with Crippen LogP contribution in [0, 0.1) is 35.5 Å². The average Bonchev–Trinajstić information content (AvgIpc) is 3.11. The number of pyridine rings is 1. The number of ketones is 2. The third-order valence-corrected chi connectivity index (χ3v) is 10.5. The number of carbonyl (C=O) groups excluding carboxylic acids is 2. The number of carbonyl (C=O) groups is 2. The summed E-state index contributed by atoms with van der Waals surface area (Å²) in [6.45, 7) is 8.28. The molecule has 6 atom stereocenters. The molecule has 6 nitrogen and oxygen atoms in total. The van der Waals surface area contributed by atoms with Crippen LogP contribution in [0.25, 0.3) is 0 Å². The molecule has 1 aromatic rings. The van der Waals surface area contributed by atoms with Gasteiger partial charge in [0.15, 0.2) is 17.3 Å². The number of rotatable bonds is 5. The number of hydrogen-bond acceptors (Lipinski definition) is 6. The Morgan fingerprint density at radius 1 is 1.14 bits per heavy atom. The van der Waals surface area contributed by atoms with E-state index < -0.39 is 11.0 Å². The van der Waals surface area contributed by atoms with Crippen molar-refractivity contribution in [3.8, 4) is 5.75 Å². The standard InChI is InChI=1S/C29H40N2O4/c1-5-23-26(34)24(14-17(2)31-23)30-16-25(33)29(35)13-10-22-20-7-6-18-15-19(32)8-11-27(18,3)21(20)9-12-28(22,29)4/h14-15,20-22,34-35H,5-13,16H2,1-4H3,(H,30,31)/t20-,21+,22+,27+,28+,29+/m1/s1. The summed E-state index contributed by atoms with van der Waals surface area (Å²) >= 11 is 0. The predicted octanol–water partition coefficient (Wildman–Crippen LogP) is 4.90. The van der Waals surface area contributed by atoms with Crippen molar-refractivity contribution in [1.82, 2.24) is 4.98 Å². The first kappa shape index (κ1) is 24.5. The molecule has 0 bridgehead atoms. The zero-order valence-corrected chi connectivity index (χ0v) is 21.6. The van der Waals surface area contributed by atoms with Crippen LogP contribution in [0.15, 0.2) is 17.7 Å². The fourth-order valence-electron chi connectivity index (χ4n) is 8.47. The Morgan fingerprint density at radius 2 is 1.89 bits per heavy atom. The molecule has 4 aliphatic rings. The zero-order valence-electron chi connectivity index (χ0n) is 21.6. The van der Waals surface area contributed by atoms with Crippen molar-refractivity contribution in [3.05, 3.63) is 29.1 Å². The first-order chi connectivity index (χ1) is 16.5. The van der Waals surface area contributed by atoms with Crippen molar-refractivity contribution in [2.45, 2.75) is 91.1 Å². The first-order valence-corrected chi connectivity index (χ1v) is 13.5. The van der Waals surface area contributed by atoms with Gasteiger partial charge in [0.2, 0.25) is 0 Å². The maximum atomic E-state index is 13.6. The lowest BCUT2D eigenvalue weighted by Gasteiger charge is -2.58. The molecule has 190 valence electrons. The molecule has 35 heavy (non-hydrogen) atoms. The molecular weight excluding hydrogens is 440 g/mol. The molecule has 4 aliphatic carbocycles. The van der Waals surface area contributed by atoms with Gasteiger partial charge in [-0.2, -0.15) is 0 Å².